The van der Waals surface area contributed by atoms with E-state index in [1.807, 2.05) is 91.1 Å². The van der Waals surface area contributed by atoms with Gasteiger partial charge in [0, 0.05) is 56.0 Å². The lowest BCUT2D eigenvalue weighted by Gasteiger charge is -2.11. The van der Waals surface area contributed by atoms with Crippen molar-refractivity contribution >= 4 is 65.6 Å². The van der Waals surface area contributed by atoms with Crippen LogP contribution >= 0.6 is 0 Å². The number of hydrogen-bond donors (Lipinski definition) is 0. The average Bonchev–Trinajstić information content (AvgIpc) is 3.98. The molecule has 0 N–H and O–H groups in total. The number of fused-ring (bicyclic) bond motifs is 8. The lowest BCUT2D eigenvalue weighted by molar-refractivity contribution is 0.653. The van der Waals surface area contributed by atoms with Crippen molar-refractivity contribution in [2.24, 2.45) is 0 Å². The highest BCUT2D eigenvalue weighted by Gasteiger charge is 2.21. The van der Waals surface area contributed by atoms with E-state index in [2.05, 4.69) is 138 Å². The van der Waals surface area contributed by atoms with Gasteiger partial charge in [0.25, 0.3) is 0 Å². The summed E-state index contributed by atoms with van der Waals surface area (Å²) in [6.07, 6.45) is 1.88. The van der Waals surface area contributed by atoms with Gasteiger partial charge >= 0.3 is 0 Å². The van der Waals surface area contributed by atoms with E-state index in [0.29, 0.717) is 45.8 Å². The largest absolute Gasteiger partial charge is 0.434 e. The SMILES string of the molecule is c1ccc(-c2nc(-c3ccc(-c4nc(-c5ccccc5)c5oc6ncc(-c7ccc8cc9ccccc9cc8c7)cc6c5n4)cc3)nc(-c3ccc(-n4c5ccccc5c5ccccc54)cc3)n2)cc1. The second kappa shape index (κ2) is 16.0. The van der Waals surface area contributed by atoms with Crippen LogP contribution < -0.4 is 0 Å². The molecule has 0 aliphatic heterocycles. The van der Waals surface area contributed by atoms with Crippen LogP contribution in [0.4, 0.5) is 0 Å². The molecule has 326 valence electrons. The molecule has 70 heavy (non-hydrogen) atoms. The number of pyridine rings is 1. The molecule has 0 aliphatic rings. The molecule has 5 heterocycles. The van der Waals surface area contributed by atoms with Crippen molar-refractivity contribution in [3.63, 3.8) is 0 Å². The van der Waals surface area contributed by atoms with E-state index >= 15 is 0 Å². The second-order valence-corrected chi connectivity index (χ2v) is 17.5. The van der Waals surface area contributed by atoms with Gasteiger partial charge in [0.1, 0.15) is 11.2 Å². The summed E-state index contributed by atoms with van der Waals surface area (Å²) in [5, 5.41) is 8.05. The molecule has 8 heteroatoms. The van der Waals surface area contributed by atoms with Gasteiger partial charge in [-0.3, -0.25) is 0 Å². The van der Waals surface area contributed by atoms with Gasteiger partial charge in [-0.1, -0.05) is 158 Å². The summed E-state index contributed by atoms with van der Waals surface area (Å²) in [5.41, 5.74) is 12.3. The number of nitrogens with zero attached hydrogens (tertiary/aromatic N) is 7. The zero-order valence-corrected chi connectivity index (χ0v) is 37.4. The van der Waals surface area contributed by atoms with Crippen molar-refractivity contribution in [3.8, 4) is 73.6 Å². The molecule has 0 bridgehead atoms. The Balaban J connectivity index is 0.852. The Hall–Kier alpha value is -9.66. The molecular weight excluding hydrogens is 859 g/mol. The van der Waals surface area contributed by atoms with Crippen LogP contribution in [0.1, 0.15) is 0 Å². The summed E-state index contributed by atoms with van der Waals surface area (Å²) < 4.78 is 8.82. The molecule has 14 rings (SSSR count). The molecule has 0 aliphatic carbocycles. The Morgan fingerprint density at radius 3 is 1.44 bits per heavy atom. The van der Waals surface area contributed by atoms with Gasteiger partial charge < -0.3 is 8.98 Å². The van der Waals surface area contributed by atoms with Gasteiger partial charge in [-0.25, -0.2) is 29.9 Å². The minimum Gasteiger partial charge on any atom is -0.434 e. The van der Waals surface area contributed by atoms with E-state index in [0.717, 1.165) is 61.1 Å². The van der Waals surface area contributed by atoms with Crippen LogP contribution in [0.15, 0.2) is 229 Å². The number of rotatable bonds is 7. The van der Waals surface area contributed by atoms with Gasteiger partial charge in [0.05, 0.1) is 16.4 Å². The van der Waals surface area contributed by atoms with Gasteiger partial charge in [-0.2, -0.15) is 0 Å². The number of furan rings is 1. The minimum atomic E-state index is 0.505. The summed E-state index contributed by atoms with van der Waals surface area (Å²) >= 11 is 0. The molecule has 0 saturated carbocycles. The maximum Gasteiger partial charge on any atom is 0.229 e. The molecule has 0 unspecified atom stereocenters. The highest BCUT2D eigenvalue weighted by molar-refractivity contribution is 6.10. The van der Waals surface area contributed by atoms with E-state index in [9.17, 15) is 0 Å². The number of hydrogen-bond acceptors (Lipinski definition) is 7. The van der Waals surface area contributed by atoms with Crippen LogP contribution in [0.5, 0.6) is 0 Å². The average molecular weight is 896 g/mol. The standard InChI is InChI=1S/C62H37N7O/c1-3-13-38(14-4-1)55-57-56(52-36-48(37-63-62(52)70-57)46-28-27-45-33-43-17-7-8-18-44(43)34-47(45)35-46)65-58(64-55)40-23-25-41(26-24-40)60-66-59(39-15-5-2-6-16-39)67-61(68-60)42-29-31-49(32-30-42)69-53-21-11-9-19-50(53)51-20-10-12-22-54(51)69/h1-37H. The van der Waals surface area contributed by atoms with E-state index in [-0.39, 0.29) is 0 Å². The lowest BCUT2D eigenvalue weighted by atomic mass is 9.99. The Morgan fingerprint density at radius 2 is 0.814 bits per heavy atom. The van der Waals surface area contributed by atoms with Gasteiger partial charge in [0.2, 0.25) is 5.71 Å². The molecule has 0 amide bonds. The summed E-state index contributed by atoms with van der Waals surface area (Å²) in [7, 11) is 0. The van der Waals surface area contributed by atoms with Crippen LogP contribution in [0.2, 0.25) is 0 Å². The fraction of sp³-hybridized carbons (Fsp3) is 0. The first kappa shape index (κ1) is 39.5. The zero-order valence-electron chi connectivity index (χ0n) is 37.4. The van der Waals surface area contributed by atoms with Gasteiger partial charge in [-0.15, -0.1) is 0 Å². The monoisotopic (exact) mass is 895 g/mol. The van der Waals surface area contributed by atoms with E-state index < -0.39 is 0 Å². The highest BCUT2D eigenvalue weighted by Crippen LogP contribution is 2.38. The summed E-state index contributed by atoms with van der Waals surface area (Å²) in [5.74, 6) is 2.30. The Bertz CT molecular complexity index is 4280. The van der Waals surface area contributed by atoms with Crippen LogP contribution in [-0.4, -0.2) is 34.5 Å². The van der Waals surface area contributed by atoms with Crippen molar-refractivity contribution in [1.82, 2.24) is 34.5 Å². The molecular formula is C62H37N7O. The fourth-order valence-corrected chi connectivity index (χ4v) is 9.81. The van der Waals surface area contributed by atoms with Crippen molar-refractivity contribution < 1.29 is 4.42 Å². The molecule has 0 radical (unpaired) electrons. The fourth-order valence-electron chi connectivity index (χ4n) is 9.81. The van der Waals surface area contributed by atoms with Crippen molar-refractivity contribution in [1.29, 1.82) is 0 Å². The normalized spacial score (nSPS) is 11.7. The minimum absolute atomic E-state index is 0.505. The quantitative estimate of drug-likeness (QED) is 0.147. The molecule has 0 fully saturated rings. The third kappa shape index (κ3) is 6.69. The maximum atomic E-state index is 6.51. The smallest absolute Gasteiger partial charge is 0.229 e. The molecule has 9 aromatic carbocycles. The maximum absolute atomic E-state index is 6.51. The van der Waals surface area contributed by atoms with E-state index in [4.69, 9.17) is 34.3 Å². The lowest BCUT2D eigenvalue weighted by Crippen LogP contribution is -2.01. The third-order valence-corrected chi connectivity index (χ3v) is 13.3. The first-order valence-corrected chi connectivity index (χ1v) is 23.3. The Kier molecular flexibility index (Phi) is 9.03. The van der Waals surface area contributed by atoms with Gasteiger partial charge in [0.15, 0.2) is 28.9 Å². The second-order valence-electron chi connectivity index (χ2n) is 17.5. The van der Waals surface area contributed by atoms with Crippen LogP contribution in [0.3, 0.4) is 0 Å². The molecule has 5 aromatic heterocycles. The molecule has 8 nitrogen and oxygen atoms in total. The summed E-state index contributed by atoms with van der Waals surface area (Å²) in [6.45, 7) is 0. The summed E-state index contributed by atoms with van der Waals surface area (Å²) in [6, 6.07) is 75.4. The number of para-hydroxylation sites is 2. The molecule has 0 spiro atoms. The Labute approximate surface area is 400 Å². The molecule has 14 aromatic rings. The van der Waals surface area contributed by atoms with Crippen molar-refractivity contribution in [3.05, 3.63) is 225 Å². The third-order valence-electron chi connectivity index (χ3n) is 13.3. The van der Waals surface area contributed by atoms with Crippen LogP contribution in [0.25, 0.3) is 139 Å². The first-order valence-electron chi connectivity index (χ1n) is 23.3. The number of benzene rings is 9. The van der Waals surface area contributed by atoms with Crippen molar-refractivity contribution in [2.75, 3.05) is 0 Å². The van der Waals surface area contributed by atoms with Crippen LogP contribution in [0, 0.1) is 0 Å². The Morgan fingerprint density at radius 1 is 0.329 bits per heavy atom. The van der Waals surface area contributed by atoms with Crippen molar-refractivity contribution in [2.45, 2.75) is 0 Å². The van der Waals surface area contributed by atoms with E-state index in [1.54, 1.807) is 0 Å². The zero-order chi connectivity index (χ0) is 46.1. The van der Waals surface area contributed by atoms with E-state index in [1.165, 1.54) is 32.3 Å². The summed E-state index contributed by atoms with van der Waals surface area (Å²) in [4.78, 5) is 30.4. The number of aromatic nitrogens is 7. The molecule has 0 atom stereocenters. The van der Waals surface area contributed by atoms with Gasteiger partial charge in [-0.05, 0) is 87.8 Å². The van der Waals surface area contributed by atoms with Crippen LogP contribution in [-0.2, 0) is 0 Å². The predicted molar refractivity (Wildman–Crippen MR) is 282 cm³/mol. The predicted octanol–water partition coefficient (Wildman–Crippen LogP) is 15.4. The first-order chi connectivity index (χ1) is 34.6. The topological polar surface area (TPSA) is 95.4 Å². The molecule has 0 saturated heterocycles. The highest BCUT2D eigenvalue weighted by atomic mass is 16.3.